The molecule has 1 aromatic heterocycles. The van der Waals surface area contributed by atoms with Crippen LogP contribution in [0, 0.1) is 5.82 Å². The molecule has 0 saturated carbocycles. The van der Waals surface area contributed by atoms with Crippen molar-refractivity contribution in [2.45, 2.75) is 6.54 Å². The molecule has 2 aromatic rings. The van der Waals surface area contributed by atoms with Gasteiger partial charge in [0.25, 0.3) is 0 Å². The maximum absolute atomic E-state index is 13.0. The van der Waals surface area contributed by atoms with Gasteiger partial charge in [-0.1, -0.05) is 22.0 Å². The minimum absolute atomic E-state index is 0.259. The quantitative estimate of drug-likeness (QED) is 0.771. The summed E-state index contributed by atoms with van der Waals surface area (Å²) in [6, 6.07) is 8.29. The molecule has 0 saturated heterocycles. The van der Waals surface area contributed by atoms with E-state index in [9.17, 15) is 4.39 Å². The average molecular weight is 355 g/mol. The van der Waals surface area contributed by atoms with E-state index in [2.05, 4.69) is 26.2 Å². The van der Waals surface area contributed by atoms with Gasteiger partial charge in [-0.3, -0.25) is 0 Å². The summed E-state index contributed by atoms with van der Waals surface area (Å²) in [5.74, 6) is 0.297. The molecule has 0 bridgehead atoms. The van der Waals surface area contributed by atoms with E-state index in [0.29, 0.717) is 25.6 Å². The Bertz CT molecular complexity index is 578. The Balaban J connectivity index is 1.88. The van der Waals surface area contributed by atoms with E-state index in [1.807, 2.05) is 6.07 Å². The molecule has 112 valence electrons. The van der Waals surface area contributed by atoms with E-state index in [4.69, 9.17) is 9.47 Å². The van der Waals surface area contributed by atoms with Gasteiger partial charge >= 0.3 is 0 Å². The van der Waals surface area contributed by atoms with Crippen LogP contribution in [-0.4, -0.2) is 25.3 Å². The maximum Gasteiger partial charge on any atom is 0.213 e. The summed E-state index contributed by atoms with van der Waals surface area (Å²) in [5, 5.41) is 3.22. The first kappa shape index (κ1) is 15.7. The van der Waals surface area contributed by atoms with Gasteiger partial charge < -0.3 is 14.8 Å². The second kappa shape index (κ2) is 7.95. The average Bonchev–Trinajstić information content (AvgIpc) is 2.48. The van der Waals surface area contributed by atoms with Gasteiger partial charge in [0.15, 0.2) is 0 Å². The number of pyridine rings is 1. The molecule has 1 N–H and O–H groups in total. The molecule has 0 radical (unpaired) electrons. The summed E-state index contributed by atoms with van der Waals surface area (Å²) in [6.45, 7) is 1.57. The SMILES string of the molecule is COCCOc1ccc(NCc2ccc(F)cc2Br)cn1. The first-order chi connectivity index (χ1) is 10.2. The highest BCUT2D eigenvalue weighted by Gasteiger charge is 2.02. The number of anilines is 1. The summed E-state index contributed by atoms with van der Waals surface area (Å²) in [5.41, 5.74) is 1.84. The summed E-state index contributed by atoms with van der Waals surface area (Å²) in [6.07, 6.45) is 1.69. The van der Waals surface area contributed by atoms with Crippen LogP contribution in [0.4, 0.5) is 10.1 Å². The van der Waals surface area contributed by atoms with E-state index in [-0.39, 0.29) is 5.82 Å². The molecule has 21 heavy (non-hydrogen) atoms. The molecule has 0 aliphatic heterocycles. The summed E-state index contributed by atoms with van der Waals surface area (Å²) >= 11 is 3.34. The van der Waals surface area contributed by atoms with Gasteiger partial charge in [0.2, 0.25) is 5.88 Å². The largest absolute Gasteiger partial charge is 0.475 e. The van der Waals surface area contributed by atoms with Gasteiger partial charge in [-0.2, -0.15) is 0 Å². The third-order valence-electron chi connectivity index (χ3n) is 2.77. The molecule has 1 heterocycles. The highest BCUT2D eigenvalue weighted by molar-refractivity contribution is 9.10. The Labute approximate surface area is 131 Å². The standard InChI is InChI=1S/C15H16BrFN2O2/c1-20-6-7-21-15-5-4-13(10-19-15)18-9-11-2-3-12(17)8-14(11)16/h2-5,8,10,18H,6-7,9H2,1H3. The molecule has 0 aliphatic rings. The minimum Gasteiger partial charge on any atom is -0.475 e. The molecule has 2 rings (SSSR count). The van der Waals surface area contributed by atoms with Crippen molar-refractivity contribution in [3.05, 3.63) is 52.4 Å². The van der Waals surface area contributed by atoms with Gasteiger partial charge in [-0.05, 0) is 23.8 Å². The second-order valence-corrected chi connectivity index (χ2v) is 5.17. The van der Waals surface area contributed by atoms with Crippen molar-refractivity contribution < 1.29 is 13.9 Å². The topological polar surface area (TPSA) is 43.4 Å². The molecule has 0 fully saturated rings. The normalized spacial score (nSPS) is 10.4. The number of ether oxygens (including phenoxy) is 2. The molecule has 0 amide bonds. The van der Waals surface area contributed by atoms with Crippen LogP contribution in [0.2, 0.25) is 0 Å². The first-order valence-corrected chi connectivity index (χ1v) is 7.24. The van der Waals surface area contributed by atoms with Crippen molar-refractivity contribution >= 4 is 21.6 Å². The fourth-order valence-electron chi connectivity index (χ4n) is 1.66. The Morgan fingerprint density at radius 3 is 2.76 bits per heavy atom. The van der Waals surface area contributed by atoms with Gasteiger partial charge in [-0.15, -0.1) is 0 Å². The predicted molar refractivity (Wildman–Crippen MR) is 83.0 cm³/mol. The number of hydrogen-bond donors (Lipinski definition) is 1. The van der Waals surface area contributed by atoms with E-state index in [1.165, 1.54) is 12.1 Å². The zero-order valence-electron chi connectivity index (χ0n) is 11.6. The van der Waals surface area contributed by atoms with E-state index in [0.717, 1.165) is 15.7 Å². The fourth-order valence-corrected chi connectivity index (χ4v) is 2.15. The molecular weight excluding hydrogens is 339 g/mol. The molecule has 4 nitrogen and oxygen atoms in total. The molecule has 0 unspecified atom stereocenters. The number of hydrogen-bond acceptors (Lipinski definition) is 4. The lowest BCUT2D eigenvalue weighted by Gasteiger charge is -2.09. The highest BCUT2D eigenvalue weighted by atomic mass is 79.9. The lowest BCUT2D eigenvalue weighted by Crippen LogP contribution is -2.06. The van der Waals surface area contributed by atoms with Crippen molar-refractivity contribution in [3.63, 3.8) is 0 Å². The van der Waals surface area contributed by atoms with Crippen LogP contribution in [0.5, 0.6) is 5.88 Å². The zero-order chi connectivity index (χ0) is 15.1. The van der Waals surface area contributed by atoms with Crippen LogP contribution in [0.15, 0.2) is 41.0 Å². The Kier molecular flexibility index (Phi) is 5.95. The monoisotopic (exact) mass is 354 g/mol. The summed E-state index contributed by atoms with van der Waals surface area (Å²) in [7, 11) is 1.62. The van der Waals surface area contributed by atoms with Crippen molar-refractivity contribution in [2.24, 2.45) is 0 Å². The predicted octanol–water partition coefficient (Wildman–Crippen LogP) is 3.62. The van der Waals surface area contributed by atoms with Crippen LogP contribution < -0.4 is 10.1 Å². The maximum atomic E-state index is 13.0. The van der Waals surface area contributed by atoms with Crippen LogP contribution in [0.25, 0.3) is 0 Å². The Morgan fingerprint density at radius 1 is 1.24 bits per heavy atom. The van der Waals surface area contributed by atoms with Gasteiger partial charge in [0.1, 0.15) is 12.4 Å². The van der Waals surface area contributed by atoms with Crippen LogP contribution >= 0.6 is 15.9 Å². The van der Waals surface area contributed by atoms with E-state index >= 15 is 0 Å². The van der Waals surface area contributed by atoms with Crippen LogP contribution in [0.3, 0.4) is 0 Å². The highest BCUT2D eigenvalue weighted by Crippen LogP contribution is 2.20. The summed E-state index contributed by atoms with van der Waals surface area (Å²) in [4.78, 5) is 4.19. The van der Waals surface area contributed by atoms with Crippen molar-refractivity contribution in [1.82, 2.24) is 4.98 Å². The Hall–Kier alpha value is -1.66. The first-order valence-electron chi connectivity index (χ1n) is 6.44. The molecule has 0 atom stereocenters. The van der Waals surface area contributed by atoms with Crippen molar-refractivity contribution in [1.29, 1.82) is 0 Å². The number of halogens is 2. The van der Waals surface area contributed by atoms with Crippen LogP contribution in [-0.2, 0) is 11.3 Å². The number of methoxy groups -OCH3 is 1. The molecule has 0 spiro atoms. The second-order valence-electron chi connectivity index (χ2n) is 4.32. The minimum atomic E-state index is -0.259. The third kappa shape index (κ3) is 4.99. The zero-order valence-corrected chi connectivity index (χ0v) is 13.2. The smallest absolute Gasteiger partial charge is 0.213 e. The molecule has 1 aromatic carbocycles. The number of nitrogens with zero attached hydrogens (tertiary/aromatic N) is 1. The van der Waals surface area contributed by atoms with Gasteiger partial charge in [0, 0.05) is 24.2 Å². The van der Waals surface area contributed by atoms with Gasteiger partial charge in [-0.25, -0.2) is 9.37 Å². The number of rotatable bonds is 7. The molecule has 0 aliphatic carbocycles. The van der Waals surface area contributed by atoms with Crippen molar-refractivity contribution in [3.8, 4) is 5.88 Å². The lowest BCUT2D eigenvalue weighted by atomic mass is 10.2. The number of aromatic nitrogens is 1. The van der Waals surface area contributed by atoms with Crippen molar-refractivity contribution in [2.75, 3.05) is 25.6 Å². The summed E-state index contributed by atoms with van der Waals surface area (Å²) < 4.78 is 24.0. The number of nitrogens with one attached hydrogen (secondary N) is 1. The molecule has 6 heteroatoms. The molecular formula is C15H16BrFN2O2. The number of benzene rings is 1. The van der Waals surface area contributed by atoms with E-state index < -0.39 is 0 Å². The van der Waals surface area contributed by atoms with Gasteiger partial charge in [0.05, 0.1) is 18.5 Å². The lowest BCUT2D eigenvalue weighted by molar-refractivity contribution is 0.144. The van der Waals surface area contributed by atoms with Crippen LogP contribution in [0.1, 0.15) is 5.56 Å². The Morgan fingerprint density at radius 2 is 2.10 bits per heavy atom. The van der Waals surface area contributed by atoms with E-state index in [1.54, 1.807) is 25.4 Å². The third-order valence-corrected chi connectivity index (χ3v) is 3.51. The fraction of sp³-hybridized carbons (Fsp3) is 0.267.